The van der Waals surface area contributed by atoms with E-state index < -0.39 is 133 Å². The van der Waals surface area contributed by atoms with Crippen molar-refractivity contribution in [2.45, 2.75) is 44.4 Å². The summed E-state index contributed by atoms with van der Waals surface area (Å²) in [5, 5.41) is 104. The molecule has 7 aromatic carbocycles. The summed E-state index contributed by atoms with van der Waals surface area (Å²) in [6.07, 6.45) is 3.70. The number of nitrogens with two attached hydrogens (primary N) is 11. The van der Waals surface area contributed by atoms with Crippen LogP contribution >= 0.6 is 122 Å². The summed E-state index contributed by atoms with van der Waals surface area (Å²) in [4.78, 5) is 102. The zero-order chi connectivity index (χ0) is 92.8. The number of hydrogen-bond donors (Lipinski definition) is 7. The van der Waals surface area contributed by atoms with E-state index in [1.165, 1.54) is 47.4 Å². The number of nitrogens with one attached hydrogen (secondary N) is 3. The molecule has 0 saturated carbocycles. The quantitative estimate of drug-likeness (QED) is 0.0274. The number of aromatic amines is 1. The monoisotopic (exact) mass is 3170 g/mol. The standard InChI is InChI=1S/C20H12O5.C20H14O.C12H8N.C6H9N3O2.C4H8NO2.C4H9NO.13ClH.6HNO2.10H2N.6Pt/c21-11-5-7-15-17(9-11)25-18-10-12(22)6-8-16(18)19(15)13-3-1-2-4-14(13)20(23)24;1-3-9-15(10-4-1)19-17-13-7-8-14-18(17)20(21-19)16-11-5-2-6-12-16;1-3-7-11-9(5-1)10-6-2-4-8-12(10)13-11;7-5(6(10)11)1-4-2-8-3-9-4;1-2-3(5)4(6)7;1-2-4(6)3-5;;;;;;;;;;;;;;6*2-1-3;;;;;;;;;;;;;;;;/h1-10,21H,(H,23,24);1-14H;1-8H;2-3,5H,1,7H2,(H,8,9)(H,10,11);3,5H,2H2,1H3,(H,6,7);4-6H,1-3H2;13*1H;6*(H,2,3);10*1H2;;;;;;/q;;-1;;-1;-2;;;;;;;;;;;;;;;;;;;;10*-1;2*+2;+3;3*+4/p-19. The minimum absolute atomic E-state index is 0. The summed E-state index contributed by atoms with van der Waals surface area (Å²) in [6.45, 7) is 5.13. The third-order valence-corrected chi connectivity index (χ3v) is 12.7. The number of aromatic nitrogens is 3. The molecule has 757 valence electrons. The fourth-order valence-electron chi connectivity index (χ4n) is 8.46. The van der Waals surface area contributed by atoms with E-state index >= 15 is 0 Å². The number of carboxylic acids is 3. The first-order chi connectivity index (χ1) is 57.4. The van der Waals surface area contributed by atoms with Crippen molar-refractivity contribution in [1.29, 1.82) is 0 Å². The summed E-state index contributed by atoms with van der Waals surface area (Å²) in [7, 11) is 63.6. The van der Waals surface area contributed by atoms with E-state index in [2.05, 4.69) is 107 Å². The van der Waals surface area contributed by atoms with Gasteiger partial charge >= 0.3 is 231 Å². The number of halogens is 13. The van der Waals surface area contributed by atoms with E-state index in [1.807, 2.05) is 48.5 Å². The summed E-state index contributed by atoms with van der Waals surface area (Å²) < 4.78 is 12.0. The zero-order valence-corrected chi connectivity index (χ0v) is 88.7. The van der Waals surface area contributed by atoms with Crippen LogP contribution in [-0.2, 0) is 113 Å². The van der Waals surface area contributed by atoms with E-state index in [9.17, 15) is 29.4 Å². The maximum absolute atomic E-state index is 11.7. The van der Waals surface area contributed by atoms with Crippen LogP contribution in [0.5, 0.6) is 5.75 Å². The number of aliphatic hydroxyl groups is 1. The van der Waals surface area contributed by atoms with E-state index in [1.54, 1.807) is 43.5 Å². The number of hydrogen-bond acceptors (Lipinski definition) is 28. The number of rotatable bonds is 11. The predicted molar refractivity (Wildman–Crippen MR) is 508 cm³/mol. The van der Waals surface area contributed by atoms with Crippen LogP contribution in [0.15, 0.2) is 252 Å². The maximum atomic E-state index is 11.7. The van der Waals surface area contributed by atoms with Crippen LogP contribution in [0, 0.1) is 67.6 Å². The molecule has 3 aromatic heterocycles. The number of H-pyrrole nitrogens is 1. The molecule has 0 bridgehead atoms. The summed E-state index contributed by atoms with van der Waals surface area (Å²) in [6, 6.07) is 59.2. The van der Waals surface area contributed by atoms with Crippen molar-refractivity contribution in [3.8, 4) is 50.8 Å². The number of aliphatic hydroxyl groups excluding tert-OH is 1. The molecule has 0 saturated heterocycles. The van der Waals surface area contributed by atoms with Crippen molar-refractivity contribution < 1.29 is 145 Å². The minimum Gasteiger partial charge on any atom is -0.693 e. The second-order valence-corrected chi connectivity index (χ2v) is 45.6. The summed E-state index contributed by atoms with van der Waals surface area (Å²) in [5.41, 5.74) is 25.6. The fourth-order valence-corrected chi connectivity index (χ4v) is 8.46. The Hall–Kier alpha value is -6.27. The molecule has 0 fully saturated rings. The molecule has 0 spiro atoms. The van der Waals surface area contributed by atoms with Crippen LogP contribution in [0.25, 0.3) is 162 Å². The number of phenols is 1. The maximum Gasteiger partial charge on any atom is 0.142 e. The third-order valence-electron chi connectivity index (χ3n) is 12.7. The Morgan fingerprint density at radius 1 is 0.546 bits per heavy atom. The molecule has 1 aliphatic heterocycles. The molecule has 64 heteroatoms. The predicted octanol–water partition coefficient (Wildman–Crippen LogP) is 31.2. The van der Waals surface area contributed by atoms with Crippen molar-refractivity contribution in [3.63, 3.8) is 0 Å². The first kappa shape index (κ1) is 161. The minimum atomic E-state index is -1.85. The number of imidazole rings is 1. The SMILES string of the molecule is CCC([NH-])C(=O)O.NC(Cc1c[nH]cn1)C(=O)O.O=C(O)c1ccccc1-c1c2ccc(=O)cc-2oc2cc(O)ccc12.O=N[O-].O=N[O-].O=N[O-].O=N[O-].O=N[O-].O=N[O-].[CH2-]CC(O)C[NH-].[Cl][Pt+2][Cl].[Cl][Pt+2][Cl].[Cl][Pt+2][Cl].[Cl][Pt]([Cl])[Cl].[Cl][Pt][Cl].[Cl][Pt][Cl].[NH2-].[NH2-].[NH2-].[NH2-].[NH2-].[NH2-].[NH2-].[NH2-].[NH2-].[NH2-].c1ccc(-c2oc(-c3ccccc3)c3ccccc23)cc1.c1ccc2c(c1)[n-]c1ccccc12. The molecule has 130 heavy (non-hydrogen) atoms. The summed E-state index contributed by atoms with van der Waals surface area (Å²) in [5.74, 6) is -0.866. The number of nitrogens with zero attached hydrogens (tertiary/aromatic N) is 8. The zero-order valence-electron chi connectivity index (χ0n) is 65.2. The van der Waals surface area contributed by atoms with Gasteiger partial charge < -0.3 is 191 Å². The number of aromatic hydroxyl groups is 1. The number of carbonyl (C=O) groups is 3. The Labute approximate surface area is 843 Å². The number of aliphatic carboxylic acids is 2. The van der Waals surface area contributed by atoms with Gasteiger partial charge in [0, 0.05) is 69.3 Å². The molecule has 30 N–H and O–H groups in total. The molecule has 2 aliphatic rings. The van der Waals surface area contributed by atoms with E-state index in [0.717, 1.165) is 76.5 Å². The van der Waals surface area contributed by atoms with Crippen LogP contribution in [0.4, 0.5) is 0 Å². The van der Waals surface area contributed by atoms with Gasteiger partial charge in [-0.3, -0.25) is 14.4 Å². The van der Waals surface area contributed by atoms with Gasteiger partial charge in [-0.25, -0.2) is 9.78 Å². The molecule has 4 heterocycles. The Balaban J connectivity index is -0.0000000809. The number of phenolic OH excluding ortho intramolecular Hbond substituents is 1. The average molecular weight is 3180 g/mol. The number of benzene rings is 8. The Kier molecular flexibility index (Phi) is 136. The van der Waals surface area contributed by atoms with Crippen molar-refractivity contribution in [2.75, 3.05) is 6.54 Å². The van der Waals surface area contributed by atoms with Gasteiger partial charge in [0.05, 0.1) is 17.6 Å². The average Bonchev–Trinajstić information content (AvgIpc) is 1.04. The fraction of sp³-hybridized carbons (Fsp3) is 0.121. The normalized spacial score (nSPS) is 9.21. The van der Waals surface area contributed by atoms with E-state index in [-0.39, 0.29) is 91.2 Å². The van der Waals surface area contributed by atoms with Crippen molar-refractivity contribution in [2.24, 2.45) is 37.8 Å². The largest absolute Gasteiger partial charge is 0.693 e. The van der Waals surface area contributed by atoms with Crippen molar-refractivity contribution in [1.82, 2.24) is 15.0 Å². The van der Waals surface area contributed by atoms with Gasteiger partial charge in [-0.2, -0.15) is 6.42 Å². The second kappa shape index (κ2) is 110. The number of fused-ring (bicyclic) bond motifs is 6. The number of furan rings is 1. The van der Waals surface area contributed by atoms with E-state index in [4.69, 9.17) is 224 Å². The Bertz CT molecular complexity index is 4530. The Morgan fingerprint density at radius 2 is 0.892 bits per heavy atom. The van der Waals surface area contributed by atoms with Crippen LogP contribution in [0.3, 0.4) is 0 Å². The number of aromatic carboxylic acids is 1. The molecule has 0 radical (unpaired) electrons. The first-order valence-corrected chi connectivity index (χ1v) is 66.5. The van der Waals surface area contributed by atoms with Gasteiger partial charge in [-0.15, -0.1) is 49.6 Å². The van der Waals surface area contributed by atoms with Gasteiger partial charge in [-0.1, -0.05) is 165 Å². The third kappa shape index (κ3) is 76.1. The van der Waals surface area contributed by atoms with Crippen LogP contribution in [0.2, 0.25) is 0 Å². The molecule has 1 aliphatic carbocycles. The molecular formula is C66H80Cl13N22O23Pt6-14. The van der Waals surface area contributed by atoms with Crippen molar-refractivity contribution >= 4 is 184 Å². The topological polar surface area (TPSA) is 962 Å². The second-order valence-electron chi connectivity index (χ2n) is 19.3. The molecule has 3 unspecified atom stereocenters. The molecule has 0 amide bonds. The molecule has 12 rings (SSSR count). The number of carboxylic acid groups (broad SMARTS) is 3. The smallest absolute Gasteiger partial charge is 0.142 e. The number of para-hydroxylation sites is 2. The Morgan fingerprint density at radius 3 is 1.20 bits per heavy atom. The van der Waals surface area contributed by atoms with Crippen LogP contribution < -0.4 is 16.1 Å². The van der Waals surface area contributed by atoms with E-state index in [0.29, 0.717) is 52.0 Å². The molecule has 3 atom stereocenters. The van der Waals surface area contributed by atoms with Gasteiger partial charge in [-0.05, 0) is 52.7 Å². The molecule has 45 nitrogen and oxygen atoms in total. The van der Waals surface area contributed by atoms with Crippen LogP contribution in [0.1, 0.15) is 35.8 Å². The van der Waals surface area contributed by atoms with Crippen LogP contribution in [-0.4, -0.2) is 78.1 Å². The first-order valence-electron chi connectivity index (χ1n) is 29.9. The van der Waals surface area contributed by atoms with Gasteiger partial charge in [0.2, 0.25) is 0 Å². The molecular weight excluding hydrogens is 3100 g/mol. The summed E-state index contributed by atoms with van der Waals surface area (Å²) >= 11 is -4.21. The van der Waals surface area contributed by atoms with Gasteiger partial charge in [0.15, 0.2) is 5.43 Å². The van der Waals surface area contributed by atoms with Gasteiger partial charge in [0.25, 0.3) is 5.97 Å². The molecule has 10 aromatic rings. The van der Waals surface area contributed by atoms with Crippen molar-refractivity contribution in [3.05, 3.63) is 369 Å². The van der Waals surface area contributed by atoms with Gasteiger partial charge in [0.1, 0.15) is 34.7 Å².